The topological polar surface area (TPSA) is 42.5 Å². The van der Waals surface area contributed by atoms with Crippen LogP contribution >= 0.6 is 12.2 Å². The minimum atomic E-state index is 0.540. The van der Waals surface area contributed by atoms with Crippen LogP contribution in [0.15, 0.2) is 34.5 Å². The molecule has 2 heterocycles. The third-order valence-electron chi connectivity index (χ3n) is 2.23. The summed E-state index contributed by atoms with van der Waals surface area (Å²) >= 11 is 5.17. The van der Waals surface area contributed by atoms with Gasteiger partial charge in [0.15, 0.2) is 0 Å². The van der Waals surface area contributed by atoms with Crippen molar-refractivity contribution in [2.75, 3.05) is 0 Å². The largest absolute Gasteiger partial charge is 0.286 e. The Hall–Kier alpha value is -1.62. The highest BCUT2D eigenvalue weighted by molar-refractivity contribution is 7.71. The minimum absolute atomic E-state index is 0.540. The predicted octanol–water partition coefficient (Wildman–Crippen LogP) is 2.82. The zero-order valence-electron chi connectivity index (χ0n) is 7.21. The summed E-state index contributed by atoms with van der Waals surface area (Å²) in [7, 11) is 0. The van der Waals surface area contributed by atoms with Gasteiger partial charge in [-0.1, -0.05) is 24.4 Å². The van der Waals surface area contributed by atoms with Gasteiger partial charge in [-0.15, -0.1) is 5.11 Å². The van der Waals surface area contributed by atoms with Crippen LogP contribution in [-0.2, 0) is 6.67 Å². The summed E-state index contributed by atoms with van der Waals surface area (Å²) in [6.07, 6.45) is 0. The standard InChI is InChI=1S/C9H6N4S/c14-8-6-3-1-2-4-7(6)13-5-10-12-9(13)11-8/h1-4H,5H2. The Morgan fingerprint density at radius 3 is 3.07 bits per heavy atom. The second-order valence-corrected chi connectivity index (χ2v) is 3.43. The van der Waals surface area contributed by atoms with Crippen molar-refractivity contribution in [3.63, 3.8) is 0 Å². The van der Waals surface area contributed by atoms with E-state index in [0.717, 1.165) is 10.9 Å². The van der Waals surface area contributed by atoms with Gasteiger partial charge in [-0.05, 0) is 12.1 Å². The van der Waals surface area contributed by atoms with Gasteiger partial charge in [0.25, 0.3) is 5.95 Å². The lowest BCUT2D eigenvalue weighted by Crippen LogP contribution is -1.97. The molecule has 2 aromatic rings. The smallest absolute Gasteiger partial charge is 0.252 e. The van der Waals surface area contributed by atoms with Crippen molar-refractivity contribution >= 4 is 29.1 Å². The molecule has 1 aliphatic heterocycles. The normalized spacial score (nSPS) is 13.4. The number of azo groups is 1. The van der Waals surface area contributed by atoms with E-state index in [4.69, 9.17) is 12.2 Å². The van der Waals surface area contributed by atoms with Crippen LogP contribution in [0.25, 0.3) is 10.9 Å². The number of rotatable bonds is 0. The molecule has 1 aromatic carbocycles. The monoisotopic (exact) mass is 202 g/mol. The van der Waals surface area contributed by atoms with Crippen LogP contribution in [0.5, 0.6) is 0 Å². The van der Waals surface area contributed by atoms with Crippen molar-refractivity contribution < 1.29 is 0 Å². The molecular weight excluding hydrogens is 196 g/mol. The Kier molecular flexibility index (Phi) is 1.49. The van der Waals surface area contributed by atoms with Gasteiger partial charge in [0.05, 0.1) is 5.52 Å². The molecule has 0 N–H and O–H groups in total. The molecule has 5 heteroatoms. The SMILES string of the molecule is S=c1nc2n(c3ccccc13)CN=N2. The van der Waals surface area contributed by atoms with Gasteiger partial charge in [-0.3, -0.25) is 4.57 Å². The Bertz CT molecular complexity index is 599. The summed E-state index contributed by atoms with van der Waals surface area (Å²) in [6.45, 7) is 0.540. The summed E-state index contributed by atoms with van der Waals surface area (Å²) in [4.78, 5) is 4.20. The molecule has 0 fully saturated rings. The number of hydrogen-bond donors (Lipinski definition) is 0. The molecule has 0 aliphatic carbocycles. The quantitative estimate of drug-likeness (QED) is 0.616. The molecule has 1 aliphatic rings. The number of benzene rings is 1. The van der Waals surface area contributed by atoms with E-state index in [-0.39, 0.29) is 0 Å². The molecule has 4 nitrogen and oxygen atoms in total. The van der Waals surface area contributed by atoms with Crippen LogP contribution in [0.3, 0.4) is 0 Å². The maximum absolute atomic E-state index is 5.17. The number of para-hydroxylation sites is 1. The lowest BCUT2D eigenvalue weighted by Gasteiger charge is -2.04. The number of fused-ring (bicyclic) bond motifs is 3. The average Bonchev–Trinajstić information content (AvgIpc) is 2.66. The molecule has 1 aromatic heterocycles. The molecule has 68 valence electrons. The fraction of sp³-hybridized carbons (Fsp3) is 0.111. The van der Waals surface area contributed by atoms with Gasteiger partial charge in [-0.25, -0.2) is 0 Å². The van der Waals surface area contributed by atoms with Crippen LogP contribution in [0, 0.1) is 4.64 Å². The fourth-order valence-electron chi connectivity index (χ4n) is 1.58. The van der Waals surface area contributed by atoms with Gasteiger partial charge in [0, 0.05) is 5.39 Å². The van der Waals surface area contributed by atoms with Crippen molar-refractivity contribution in [3.05, 3.63) is 28.9 Å². The first-order valence-corrected chi connectivity index (χ1v) is 4.64. The Morgan fingerprint density at radius 2 is 2.14 bits per heavy atom. The summed E-state index contributed by atoms with van der Waals surface area (Å²) in [5.74, 6) is 0.605. The first-order valence-electron chi connectivity index (χ1n) is 4.23. The van der Waals surface area contributed by atoms with Crippen LogP contribution in [0.4, 0.5) is 5.95 Å². The minimum Gasteiger partial charge on any atom is -0.286 e. The van der Waals surface area contributed by atoms with Crippen molar-refractivity contribution in [3.8, 4) is 0 Å². The zero-order valence-corrected chi connectivity index (χ0v) is 8.03. The molecule has 0 spiro atoms. The lowest BCUT2D eigenvalue weighted by atomic mass is 10.2. The van der Waals surface area contributed by atoms with E-state index in [1.807, 2.05) is 28.8 Å². The first-order chi connectivity index (χ1) is 6.86. The highest BCUT2D eigenvalue weighted by atomic mass is 32.1. The Balaban J connectivity index is 2.57. The van der Waals surface area contributed by atoms with E-state index >= 15 is 0 Å². The van der Waals surface area contributed by atoms with E-state index in [9.17, 15) is 0 Å². The van der Waals surface area contributed by atoms with Gasteiger partial charge in [0.1, 0.15) is 11.3 Å². The van der Waals surface area contributed by atoms with Crippen LogP contribution < -0.4 is 0 Å². The van der Waals surface area contributed by atoms with Gasteiger partial charge < -0.3 is 0 Å². The predicted molar refractivity (Wildman–Crippen MR) is 55.1 cm³/mol. The molecule has 3 rings (SSSR count). The number of hydrogen-bond acceptors (Lipinski definition) is 4. The molecule has 0 radical (unpaired) electrons. The number of aromatic nitrogens is 2. The number of nitrogens with zero attached hydrogens (tertiary/aromatic N) is 4. The van der Waals surface area contributed by atoms with E-state index in [2.05, 4.69) is 15.2 Å². The van der Waals surface area contributed by atoms with Crippen LogP contribution in [0.1, 0.15) is 0 Å². The molecule has 0 amide bonds. The van der Waals surface area contributed by atoms with Gasteiger partial charge >= 0.3 is 0 Å². The van der Waals surface area contributed by atoms with Gasteiger partial charge in [-0.2, -0.15) is 10.1 Å². The van der Waals surface area contributed by atoms with Crippen LogP contribution in [-0.4, -0.2) is 9.55 Å². The van der Waals surface area contributed by atoms with Crippen LogP contribution in [0.2, 0.25) is 0 Å². The maximum Gasteiger partial charge on any atom is 0.252 e. The second-order valence-electron chi connectivity index (χ2n) is 3.04. The molecule has 0 unspecified atom stereocenters. The fourth-order valence-corrected chi connectivity index (χ4v) is 1.84. The Morgan fingerprint density at radius 1 is 1.29 bits per heavy atom. The zero-order chi connectivity index (χ0) is 9.54. The molecule has 0 saturated heterocycles. The average molecular weight is 202 g/mol. The molecule has 0 atom stereocenters. The molecule has 0 bridgehead atoms. The Labute approximate surface area is 84.9 Å². The van der Waals surface area contributed by atoms with E-state index in [0.29, 0.717) is 17.3 Å². The van der Waals surface area contributed by atoms with Crippen molar-refractivity contribution in [1.29, 1.82) is 0 Å². The third-order valence-corrected chi connectivity index (χ3v) is 2.54. The summed E-state index contributed by atoms with van der Waals surface area (Å²) in [5, 5.41) is 8.83. The summed E-state index contributed by atoms with van der Waals surface area (Å²) < 4.78 is 2.54. The van der Waals surface area contributed by atoms with E-state index in [1.165, 1.54) is 0 Å². The first kappa shape index (κ1) is 7.75. The maximum atomic E-state index is 5.17. The third kappa shape index (κ3) is 0.927. The lowest BCUT2D eigenvalue weighted by molar-refractivity contribution is 0.792. The van der Waals surface area contributed by atoms with E-state index < -0.39 is 0 Å². The molecule has 0 saturated carbocycles. The highest BCUT2D eigenvalue weighted by Crippen LogP contribution is 2.24. The molecular formula is C9H6N4S. The molecule has 14 heavy (non-hydrogen) atoms. The van der Waals surface area contributed by atoms with Gasteiger partial charge in [0.2, 0.25) is 0 Å². The van der Waals surface area contributed by atoms with Crippen molar-refractivity contribution in [2.24, 2.45) is 10.2 Å². The van der Waals surface area contributed by atoms with E-state index in [1.54, 1.807) is 0 Å². The summed E-state index contributed by atoms with van der Waals surface area (Å²) in [6, 6.07) is 7.90. The van der Waals surface area contributed by atoms with Crippen molar-refractivity contribution in [2.45, 2.75) is 6.67 Å². The highest BCUT2D eigenvalue weighted by Gasteiger charge is 2.11. The summed E-state index contributed by atoms with van der Waals surface area (Å²) in [5.41, 5.74) is 1.05. The second kappa shape index (κ2) is 2.68. The van der Waals surface area contributed by atoms with Crippen molar-refractivity contribution in [1.82, 2.24) is 9.55 Å².